The van der Waals surface area contributed by atoms with Crippen molar-refractivity contribution in [3.05, 3.63) is 23.8 Å². The summed E-state index contributed by atoms with van der Waals surface area (Å²) in [4.78, 5) is 0. The van der Waals surface area contributed by atoms with Gasteiger partial charge in [0.1, 0.15) is 13.2 Å². The van der Waals surface area contributed by atoms with Crippen LogP contribution in [-0.2, 0) is 5.54 Å². The quantitative estimate of drug-likeness (QED) is 0.760. The molecule has 1 aliphatic carbocycles. The molecule has 0 saturated heterocycles. The Morgan fingerprint density at radius 3 is 2.55 bits per heavy atom. The number of aliphatic hydroxyl groups excluding tert-OH is 1. The first-order chi connectivity index (χ1) is 10.8. The van der Waals surface area contributed by atoms with Crippen molar-refractivity contribution >= 4 is 0 Å². The van der Waals surface area contributed by atoms with E-state index in [2.05, 4.69) is 23.5 Å². The molecule has 1 heterocycles. The van der Waals surface area contributed by atoms with Gasteiger partial charge in [0.15, 0.2) is 11.5 Å². The molecule has 0 radical (unpaired) electrons. The van der Waals surface area contributed by atoms with Gasteiger partial charge in [0.2, 0.25) is 0 Å². The number of hydrogen-bond acceptors (Lipinski definition) is 4. The van der Waals surface area contributed by atoms with Crippen molar-refractivity contribution in [2.24, 2.45) is 0 Å². The fourth-order valence-electron chi connectivity index (χ4n) is 3.63. The molecule has 1 fully saturated rings. The van der Waals surface area contributed by atoms with E-state index in [1.54, 1.807) is 0 Å². The molecule has 0 amide bonds. The average Bonchev–Trinajstić information content (AvgIpc) is 3.04. The summed E-state index contributed by atoms with van der Waals surface area (Å²) >= 11 is 0. The summed E-state index contributed by atoms with van der Waals surface area (Å²) in [6, 6.07) is 6.41. The van der Waals surface area contributed by atoms with E-state index in [-0.39, 0.29) is 5.54 Å². The Kier molecular flexibility index (Phi) is 5.21. The zero-order chi connectivity index (χ0) is 15.3. The fraction of sp³-hybridized carbons (Fsp3) is 0.667. The molecule has 0 unspecified atom stereocenters. The van der Waals surface area contributed by atoms with E-state index in [4.69, 9.17) is 14.6 Å². The van der Waals surface area contributed by atoms with Gasteiger partial charge in [-0.1, -0.05) is 18.9 Å². The predicted molar refractivity (Wildman–Crippen MR) is 86.5 cm³/mol. The van der Waals surface area contributed by atoms with Gasteiger partial charge in [-0.25, -0.2) is 0 Å². The Morgan fingerprint density at radius 1 is 1.00 bits per heavy atom. The third kappa shape index (κ3) is 3.39. The van der Waals surface area contributed by atoms with Gasteiger partial charge in [0.05, 0.1) is 0 Å². The molecule has 22 heavy (non-hydrogen) atoms. The van der Waals surface area contributed by atoms with Crippen LogP contribution in [0.2, 0.25) is 0 Å². The molecule has 3 rings (SSSR count). The maximum atomic E-state index is 8.87. The second-order valence-corrected chi connectivity index (χ2v) is 6.36. The number of hydrogen-bond donors (Lipinski definition) is 2. The van der Waals surface area contributed by atoms with Crippen molar-refractivity contribution in [1.82, 2.24) is 5.32 Å². The molecule has 122 valence electrons. The SMILES string of the molecule is OCCCCCNC1(c2ccc3c(c2)OCCO3)CCCC1. The number of unbranched alkanes of at least 4 members (excludes halogenated alkanes) is 2. The Labute approximate surface area is 132 Å². The Balaban J connectivity index is 1.70. The van der Waals surface area contributed by atoms with Crippen LogP contribution in [0, 0.1) is 0 Å². The molecule has 1 aromatic carbocycles. The van der Waals surface area contributed by atoms with Crippen molar-refractivity contribution in [2.75, 3.05) is 26.4 Å². The summed E-state index contributed by atoms with van der Waals surface area (Å²) < 4.78 is 11.4. The molecule has 2 N–H and O–H groups in total. The van der Waals surface area contributed by atoms with E-state index in [1.165, 1.54) is 31.2 Å². The highest BCUT2D eigenvalue weighted by Crippen LogP contribution is 2.42. The molecule has 0 spiro atoms. The average molecular weight is 305 g/mol. The van der Waals surface area contributed by atoms with Gasteiger partial charge < -0.3 is 19.9 Å². The van der Waals surface area contributed by atoms with E-state index < -0.39 is 0 Å². The first-order valence-corrected chi connectivity index (χ1v) is 8.60. The van der Waals surface area contributed by atoms with E-state index in [0.29, 0.717) is 19.8 Å². The zero-order valence-electron chi connectivity index (χ0n) is 13.3. The third-order valence-electron chi connectivity index (χ3n) is 4.85. The Hall–Kier alpha value is -1.26. The van der Waals surface area contributed by atoms with Crippen LogP contribution in [0.25, 0.3) is 0 Å². The summed E-state index contributed by atoms with van der Waals surface area (Å²) in [5.41, 5.74) is 1.42. The van der Waals surface area contributed by atoms with Gasteiger partial charge in [0.25, 0.3) is 0 Å². The highest BCUT2D eigenvalue weighted by molar-refractivity contribution is 5.46. The van der Waals surface area contributed by atoms with Crippen LogP contribution in [0.1, 0.15) is 50.5 Å². The van der Waals surface area contributed by atoms with Crippen LogP contribution in [0.15, 0.2) is 18.2 Å². The second kappa shape index (κ2) is 7.34. The highest BCUT2D eigenvalue weighted by Gasteiger charge is 2.35. The number of rotatable bonds is 7. The van der Waals surface area contributed by atoms with E-state index in [9.17, 15) is 0 Å². The maximum Gasteiger partial charge on any atom is 0.161 e. The lowest BCUT2D eigenvalue weighted by Crippen LogP contribution is -2.40. The van der Waals surface area contributed by atoms with Crippen LogP contribution in [0.3, 0.4) is 0 Å². The molecule has 0 aromatic heterocycles. The highest BCUT2D eigenvalue weighted by atomic mass is 16.6. The van der Waals surface area contributed by atoms with Crippen LogP contribution >= 0.6 is 0 Å². The number of aliphatic hydroxyl groups is 1. The minimum atomic E-state index is 0.0923. The monoisotopic (exact) mass is 305 g/mol. The molecule has 4 nitrogen and oxygen atoms in total. The van der Waals surface area contributed by atoms with Gasteiger partial charge in [-0.05, 0) is 56.3 Å². The minimum absolute atomic E-state index is 0.0923. The summed E-state index contributed by atoms with van der Waals surface area (Å²) in [5.74, 6) is 1.75. The summed E-state index contributed by atoms with van der Waals surface area (Å²) in [7, 11) is 0. The molecular formula is C18H27NO3. The summed E-state index contributed by atoms with van der Waals surface area (Å²) in [6.45, 7) is 2.58. The fourth-order valence-corrected chi connectivity index (χ4v) is 3.63. The van der Waals surface area contributed by atoms with Gasteiger partial charge in [-0.3, -0.25) is 0 Å². The first-order valence-electron chi connectivity index (χ1n) is 8.60. The standard InChI is InChI=1S/C18H27NO3/c20-11-5-1-4-10-19-18(8-2-3-9-18)15-6-7-16-17(14-15)22-13-12-21-16/h6-7,14,19-20H,1-5,8-13H2. The third-order valence-corrected chi connectivity index (χ3v) is 4.85. The smallest absolute Gasteiger partial charge is 0.161 e. The Morgan fingerprint density at radius 2 is 1.77 bits per heavy atom. The lowest BCUT2D eigenvalue weighted by Gasteiger charge is -2.32. The van der Waals surface area contributed by atoms with Gasteiger partial charge in [-0.15, -0.1) is 0 Å². The molecule has 0 bridgehead atoms. The van der Waals surface area contributed by atoms with Crippen LogP contribution in [0.5, 0.6) is 11.5 Å². The van der Waals surface area contributed by atoms with Gasteiger partial charge in [0, 0.05) is 12.1 Å². The molecule has 1 aliphatic heterocycles. The number of ether oxygens (including phenoxy) is 2. The molecular weight excluding hydrogens is 278 g/mol. The van der Waals surface area contributed by atoms with Crippen molar-refractivity contribution in [1.29, 1.82) is 0 Å². The van der Waals surface area contributed by atoms with Gasteiger partial charge in [-0.2, -0.15) is 0 Å². The van der Waals surface area contributed by atoms with Crippen molar-refractivity contribution < 1.29 is 14.6 Å². The first kappa shape index (κ1) is 15.6. The van der Waals surface area contributed by atoms with Crippen molar-refractivity contribution in [3.8, 4) is 11.5 Å². The van der Waals surface area contributed by atoms with Crippen molar-refractivity contribution in [3.63, 3.8) is 0 Å². The van der Waals surface area contributed by atoms with E-state index in [0.717, 1.165) is 37.3 Å². The lowest BCUT2D eigenvalue weighted by atomic mass is 9.87. The molecule has 2 aliphatic rings. The molecule has 4 heteroatoms. The topological polar surface area (TPSA) is 50.7 Å². The number of nitrogens with one attached hydrogen (secondary N) is 1. The largest absolute Gasteiger partial charge is 0.486 e. The van der Waals surface area contributed by atoms with Gasteiger partial charge >= 0.3 is 0 Å². The second-order valence-electron chi connectivity index (χ2n) is 6.36. The predicted octanol–water partition coefficient (Wildman–Crippen LogP) is 2.98. The van der Waals surface area contributed by atoms with Crippen LogP contribution < -0.4 is 14.8 Å². The summed E-state index contributed by atoms with van der Waals surface area (Å²) in [6.07, 6.45) is 8.03. The zero-order valence-corrected chi connectivity index (χ0v) is 13.3. The van der Waals surface area contributed by atoms with Crippen LogP contribution in [-0.4, -0.2) is 31.5 Å². The minimum Gasteiger partial charge on any atom is -0.486 e. The molecule has 0 atom stereocenters. The lowest BCUT2D eigenvalue weighted by molar-refractivity contribution is 0.170. The van der Waals surface area contributed by atoms with E-state index in [1.807, 2.05) is 0 Å². The maximum absolute atomic E-state index is 8.87. The number of benzene rings is 1. The molecule has 1 saturated carbocycles. The number of fused-ring (bicyclic) bond motifs is 1. The normalized spacial score (nSPS) is 19.3. The van der Waals surface area contributed by atoms with Crippen LogP contribution in [0.4, 0.5) is 0 Å². The molecule has 1 aromatic rings. The van der Waals surface area contributed by atoms with Crippen molar-refractivity contribution in [2.45, 2.75) is 50.5 Å². The Bertz CT molecular complexity index is 483. The van der Waals surface area contributed by atoms with E-state index >= 15 is 0 Å². The summed E-state index contributed by atoms with van der Waals surface area (Å²) in [5, 5.41) is 12.7.